The van der Waals surface area contributed by atoms with E-state index in [-0.39, 0.29) is 17.2 Å². The first-order valence-electron chi connectivity index (χ1n) is 8.88. The Balaban J connectivity index is 1.47. The zero-order valence-electron chi connectivity index (χ0n) is 13.5. The van der Waals surface area contributed by atoms with Crippen molar-refractivity contribution in [2.45, 2.75) is 38.5 Å². The van der Waals surface area contributed by atoms with Crippen molar-refractivity contribution in [3.05, 3.63) is 41.3 Å². The summed E-state index contributed by atoms with van der Waals surface area (Å²) in [6.45, 7) is 0. The van der Waals surface area contributed by atoms with Crippen LogP contribution in [0.2, 0.25) is 0 Å². The van der Waals surface area contributed by atoms with Gasteiger partial charge in [0.25, 0.3) is 0 Å². The van der Waals surface area contributed by atoms with Crippen LogP contribution >= 0.6 is 0 Å². The van der Waals surface area contributed by atoms with Crippen molar-refractivity contribution >= 4 is 17.9 Å². The molecule has 4 heteroatoms. The number of ether oxygens (including phenoxy) is 1. The van der Waals surface area contributed by atoms with Gasteiger partial charge in [0.15, 0.2) is 5.70 Å². The Kier molecular flexibility index (Phi) is 3.00. The summed E-state index contributed by atoms with van der Waals surface area (Å²) in [5.41, 5.74) is 1.09. The number of hydrogen-bond acceptors (Lipinski definition) is 3. The van der Waals surface area contributed by atoms with E-state index in [1.807, 2.05) is 0 Å². The van der Waals surface area contributed by atoms with Crippen LogP contribution < -0.4 is 0 Å². The van der Waals surface area contributed by atoms with Crippen molar-refractivity contribution in [1.82, 2.24) is 0 Å². The largest absolute Gasteiger partial charge is 0.406 e. The van der Waals surface area contributed by atoms with Gasteiger partial charge in [0.05, 0.1) is 0 Å². The first-order chi connectivity index (χ1) is 11.6. The van der Waals surface area contributed by atoms with Crippen LogP contribution in [0.25, 0.3) is 6.08 Å². The lowest BCUT2D eigenvalue weighted by molar-refractivity contribution is -0.131. The molecule has 0 unspecified atom stereocenters. The molecule has 0 radical (unpaired) electrons. The highest BCUT2D eigenvalue weighted by molar-refractivity contribution is 6.09. The van der Waals surface area contributed by atoms with Gasteiger partial charge in [-0.3, -0.25) is 0 Å². The van der Waals surface area contributed by atoms with Crippen molar-refractivity contribution in [2.75, 3.05) is 0 Å². The summed E-state index contributed by atoms with van der Waals surface area (Å²) in [6, 6.07) is 6.06. The van der Waals surface area contributed by atoms with E-state index >= 15 is 0 Å². The van der Waals surface area contributed by atoms with E-state index in [1.54, 1.807) is 18.2 Å². The maximum Gasteiger partial charge on any atom is 0.363 e. The minimum atomic E-state index is -0.370. The Labute approximate surface area is 140 Å². The molecule has 0 N–H and O–H groups in total. The van der Waals surface area contributed by atoms with Gasteiger partial charge in [-0.2, -0.15) is 0 Å². The second-order valence-electron chi connectivity index (χ2n) is 8.09. The molecule has 0 atom stereocenters. The molecule has 4 saturated carbocycles. The van der Waals surface area contributed by atoms with E-state index in [9.17, 15) is 9.18 Å². The smallest absolute Gasteiger partial charge is 0.363 e. The standard InChI is InChI=1S/C20H20FNO2/c21-16-3-1-12(2-4-16)8-17-18(23)24-19(22-17)20-9-13-5-14(10-20)7-15(6-13)11-20/h1-4,8,13-15H,5-7,9-11H2/b17-8-. The number of cyclic esters (lactones) is 1. The Morgan fingerprint density at radius 3 is 2.21 bits per heavy atom. The third kappa shape index (κ3) is 2.23. The van der Waals surface area contributed by atoms with E-state index < -0.39 is 0 Å². The SMILES string of the molecule is O=C1OC(C23CC4CC(CC(C4)C2)C3)=N/C1=C\c1ccc(F)cc1. The number of halogens is 1. The molecule has 0 amide bonds. The van der Waals surface area contributed by atoms with Crippen LogP contribution in [0.4, 0.5) is 4.39 Å². The second-order valence-corrected chi connectivity index (χ2v) is 8.09. The molecule has 1 aromatic carbocycles. The first kappa shape index (κ1) is 14.4. The zero-order valence-corrected chi connectivity index (χ0v) is 13.5. The predicted octanol–water partition coefficient (Wildman–Crippen LogP) is 4.34. The molecule has 4 bridgehead atoms. The van der Waals surface area contributed by atoms with Gasteiger partial charge in [-0.15, -0.1) is 0 Å². The van der Waals surface area contributed by atoms with Crippen molar-refractivity contribution < 1.29 is 13.9 Å². The number of nitrogens with zero attached hydrogens (tertiary/aromatic N) is 1. The summed E-state index contributed by atoms with van der Waals surface area (Å²) < 4.78 is 18.6. The lowest BCUT2D eigenvalue weighted by Crippen LogP contribution is -2.50. The lowest BCUT2D eigenvalue weighted by Gasteiger charge is -2.55. The molecule has 6 rings (SSSR count). The molecule has 5 aliphatic rings. The third-order valence-corrected chi connectivity index (χ3v) is 6.29. The molecule has 0 saturated heterocycles. The van der Waals surface area contributed by atoms with Gasteiger partial charge in [-0.1, -0.05) is 12.1 Å². The molecular formula is C20H20FNO2. The van der Waals surface area contributed by atoms with Crippen LogP contribution in [0.3, 0.4) is 0 Å². The summed E-state index contributed by atoms with van der Waals surface area (Å²) in [7, 11) is 0. The molecule has 4 aliphatic carbocycles. The Morgan fingerprint density at radius 1 is 1.04 bits per heavy atom. The van der Waals surface area contributed by atoms with Crippen LogP contribution in [0.1, 0.15) is 44.1 Å². The molecule has 0 aromatic heterocycles. The van der Waals surface area contributed by atoms with Crippen molar-refractivity contribution in [3.8, 4) is 0 Å². The van der Waals surface area contributed by atoms with E-state index in [0.29, 0.717) is 11.6 Å². The van der Waals surface area contributed by atoms with Crippen molar-refractivity contribution in [3.63, 3.8) is 0 Å². The fourth-order valence-electron chi connectivity index (χ4n) is 5.73. The summed E-state index contributed by atoms with van der Waals surface area (Å²) >= 11 is 0. The number of rotatable bonds is 2. The molecule has 24 heavy (non-hydrogen) atoms. The zero-order chi connectivity index (χ0) is 16.3. The van der Waals surface area contributed by atoms with Gasteiger partial charge < -0.3 is 4.74 Å². The maximum atomic E-state index is 13.0. The van der Waals surface area contributed by atoms with Crippen molar-refractivity contribution in [1.29, 1.82) is 0 Å². The van der Waals surface area contributed by atoms with Gasteiger partial charge in [-0.05, 0) is 80.1 Å². The Bertz CT molecular complexity index is 727. The molecule has 3 nitrogen and oxygen atoms in total. The molecule has 0 spiro atoms. The second kappa shape index (κ2) is 5.01. The van der Waals surface area contributed by atoms with Crippen molar-refractivity contribution in [2.24, 2.45) is 28.2 Å². The Hall–Kier alpha value is -1.97. The topological polar surface area (TPSA) is 38.7 Å². The van der Waals surface area contributed by atoms with Gasteiger partial charge in [0.1, 0.15) is 5.82 Å². The number of aliphatic imine (C=N–C) groups is 1. The highest BCUT2D eigenvalue weighted by Gasteiger charge is 2.55. The molecule has 1 aliphatic heterocycles. The first-order valence-corrected chi connectivity index (χ1v) is 8.88. The molecule has 4 fully saturated rings. The minimum Gasteiger partial charge on any atom is -0.406 e. The minimum absolute atomic E-state index is 0.0111. The molecule has 1 heterocycles. The highest BCUT2D eigenvalue weighted by atomic mass is 19.1. The van der Waals surface area contributed by atoms with Crippen LogP contribution in [0, 0.1) is 29.0 Å². The van der Waals surface area contributed by atoms with E-state index in [4.69, 9.17) is 4.74 Å². The molecular weight excluding hydrogens is 305 g/mol. The summed E-state index contributed by atoms with van der Waals surface area (Å²) in [4.78, 5) is 16.9. The number of benzene rings is 1. The maximum absolute atomic E-state index is 13.0. The van der Waals surface area contributed by atoms with E-state index in [1.165, 1.54) is 31.4 Å². The van der Waals surface area contributed by atoms with Crippen LogP contribution in [0.5, 0.6) is 0 Å². The van der Waals surface area contributed by atoms with Gasteiger partial charge >= 0.3 is 5.97 Å². The summed E-state index contributed by atoms with van der Waals surface area (Å²) in [5, 5.41) is 0. The highest BCUT2D eigenvalue weighted by Crippen LogP contribution is 2.61. The monoisotopic (exact) mass is 325 g/mol. The average molecular weight is 325 g/mol. The fourth-order valence-corrected chi connectivity index (χ4v) is 5.73. The Morgan fingerprint density at radius 2 is 1.62 bits per heavy atom. The summed E-state index contributed by atoms with van der Waals surface area (Å²) in [6.07, 6.45) is 9.09. The number of carbonyl (C=O) groups excluding carboxylic acids is 1. The lowest BCUT2D eigenvalue weighted by atomic mass is 9.49. The number of hydrogen-bond donors (Lipinski definition) is 0. The quantitative estimate of drug-likeness (QED) is 0.599. The van der Waals surface area contributed by atoms with Gasteiger partial charge in [0.2, 0.25) is 5.90 Å². The van der Waals surface area contributed by atoms with Crippen LogP contribution in [-0.4, -0.2) is 11.9 Å². The van der Waals surface area contributed by atoms with Gasteiger partial charge in [0, 0.05) is 5.41 Å². The predicted molar refractivity (Wildman–Crippen MR) is 88.5 cm³/mol. The molecule has 124 valence electrons. The normalized spacial score (nSPS) is 38.5. The third-order valence-electron chi connectivity index (χ3n) is 6.29. The fraction of sp³-hybridized carbons (Fsp3) is 0.500. The van der Waals surface area contributed by atoms with Crippen LogP contribution in [0.15, 0.2) is 35.0 Å². The number of esters is 1. The number of carbonyl (C=O) groups is 1. The molecule has 1 aromatic rings. The summed E-state index contributed by atoms with van der Waals surface area (Å²) in [5.74, 6) is 2.34. The van der Waals surface area contributed by atoms with E-state index in [2.05, 4.69) is 4.99 Å². The van der Waals surface area contributed by atoms with Crippen LogP contribution in [-0.2, 0) is 9.53 Å². The van der Waals surface area contributed by atoms with E-state index in [0.717, 1.165) is 42.6 Å². The average Bonchev–Trinajstić information content (AvgIpc) is 2.90. The van der Waals surface area contributed by atoms with Gasteiger partial charge in [-0.25, -0.2) is 14.2 Å².